The van der Waals surface area contributed by atoms with E-state index < -0.39 is 0 Å². The highest BCUT2D eigenvalue weighted by atomic mass is 16.5. The first kappa shape index (κ1) is 24.9. The van der Waals surface area contributed by atoms with Crippen LogP contribution in [0.3, 0.4) is 0 Å². The zero-order chi connectivity index (χ0) is 25.8. The maximum Gasteiger partial charge on any atom is 0.259 e. The highest BCUT2D eigenvalue weighted by Gasteiger charge is 2.22. The van der Waals surface area contributed by atoms with Crippen LogP contribution in [-0.4, -0.2) is 60.3 Å². The molecule has 0 atom stereocenters. The zero-order valence-corrected chi connectivity index (χ0v) is 21.6. The van der Waals surface area contributed by atoms with Crippen molar-refractivity contribution in [1.82, 2.24) is 19.9 Å². The molecule has 4 heterocycles. The first-order chi connectivity index (χ1) is 18.1. The Hall–Kier alpha value is -3.75. The summed E-state index contributed by atoms with van der Waals surface area (Å²) in [4.78, 5) is 27.1. The van der Waals surface area contributed by atoms with E-state index >= 15 is 0 Å². The van der Waals surface area contributed by atoms with Gasteiger partial charge >= 0.3 is 0 Å². The van der Waals surface area contributed by atoms with E-state index in [1.165, 1.54) is 11.1 Å². The van der Waals surface area contributed by atoms with Crippen LogP contribution in [0.1, 0.15) is 29.9 Å². The minimum Gasteiger partial charge on any atom is -0.495 e. The molecular formula is C29H33N5O3. The fourth-order valence-electron chi connectivity index (χ4n) is 5.16. The Morgan fingerprint density at radius 1 is 1.11 bits per heavy atom. The Morgan fingerprint density at radius 3 is 2.70 bits per heavy atom. The van der Waals surface area contributed by atoms with Crippen molar-refractivity contribution in [3.8, 4) is 17.0 Å². The van der Waals surface area contributed by atoms with Crippen LogP contribution in [0.4, 0.5) is 11.5 Å². The van der Waals surface area contributed by atoms with Gasteiger partial charge in [0, 0.05) is 37.3 Å². The molecule has 2 N–H and O–H groups in total. The van der Waals surface area contributed by atoms with E-state index in [0.29, 0.717) is 28.6 Å². The van der Waals surface area contributed by atoms with Gasteiger partial charge in [-0.25, -0.2) is 4.98 Å². The summed E-state index contributed by atoms with van der Waals surface area (Å²) in [7, 11) is 3.37. The quantitative estimate of drug-likeness (QED) is 0.357. The molecule has 0 unspecified atom stereocenters. The lowest BCUT2D eigenvalue weighted by Gasteiger charge is -2.32. The van der Waals surface area contributed by atoms with Crippen molar-refractivity contribution in [1.29, 1.82) is 0 Å². The van der Waals surface area contributed by atoms with Crippen LogP contribution in [-0.2, 0) is 4.74 Å². The summed E-state index contributed by atoms with van der Waals surface area (Å²) in [6.45, 7) is 6.13. The summed E-state index contributed by atoms with van der Waals surface area (Å²) < 4.78 is 10.6. The first-order valence-corrected chi connectivity index (χ1v) is 12.7. The Kier molecular flexibility index (Phi) is 7.48. The van der Waals surface area contributed by atoms with Crippen LogP contribution in [0.5, 0.6) is 5.75 Å². The van der Waals surface area contributed by atoms with E-state index in [9.17, 15) is 4.79 Å². The summed E-state index contributed by atoms with van der Waals surface area (Å²) in [6.07, 6.45) is 7.35. The van der Waals surface area contributed by atoms with E-state index in [-0.39, 0.29) is 5.56 Å². The fourth-order valence-corrected chi connectivity index (χ4v) is 5.16. The van der Waals surface area contributed by atoms with Gasteiger partial charge in [-0.05, 0) is 85.6 Å². The Bertz CT molecular complexity index is 1440. The SMILES string of the molecule is COCCN1CCC(c2ccc(Nc3nc(-c4cncc(OC)c4)cc4cc[nH]c(=O)c34)cc2C)CC1. The van der Waals surface area contributed by atoms with Gasteiger partial charge in [0.2, 0.25) is 0 Å². The Morgan fingerprint density at radius 2 is 1.95 bits per heavy atom. The van der Waals surface area contributed by atoms with Gasteiger partial charge in [0.05, 0.1) is 31.0 Å². The summed E-state index contributed by atoms with van der Waals surface area (Å²) in [6, 6.07) is 12.1. The van der Waals surface area contributed by atoms with Crippen molar-refractivity contribution in [2.45, 2.75) is 25.7 Å². The number of fused-ring (bicyclic) bond motifs is 1. The minimum absolute atomic E-state index is 0.184. The fraction of sp³-hybridized carbons (Fsp3) is 0.345. The number of ether oxygens (including phenoxy) is 2. The van der Waals surface area contributed by atoms with Crippen LogP contribution in [0.15, 0.2) is 59.8 Å². The number of aromatic nitrogens is 3. The van der Waals surface area contributed by atoms with Crippen LogP contribution >= 0.6 is 0 Å². The number of likely N-dealkylation sites (tertiary alicyclic amines) is 1. The molecule has 3 aromatic heterocycles. The maximum atomic E-state index is 12.8. The molecule has 4 aromatic rings. The number of H-pyrrole nitrogens is 1. The molecule has 5 rings (SSSR count). The molecule has 192 valence electrons. The van der Waals surface area contributed by atoms with Gasteiger partial charge in [-0.3, -0.25) is 9.78 Å². The average Bonchev–Trinajstić information content (AvgIpc) is 2.92. The predicted octanol–water partition coefficient (Wildman–Crippen LogP) is 4.87. The number of methoxy groups -OCH3 is 2. The standard InChI is InChI=1S/C29H33N5O3/c1-19-14-23(4-5-25(19)20-7-10-34(11-8-20)12-13-36-2)32-28-27-21(6-9-31-29(27)35)16-26(33-28)22-15-24(37-3)18-30-17-22/h4-6,9,14-18,20H,7-8,10-13H2,1-3H3,(H,31,35)(H,32,33). The van der Waals surface area contributed by atoms with Gasteiger partial charge in [-0.1, -0.05) is 6.07 Å². The summed E-state index contributed by atoms with van der Waals surface area (Å²) in [5, 5.41) is 4.74. The topological polar surface area (TPSA) is 92.4 Å². The largest absolute Gasteiger partial charge is 0.495 e. The zero-order valence-electron chi connectivity index (χ0n) is 21.6. The number of piperidine rings is 1. The second-order valence-corrected chi connectivity index (χ2v) is 9.55. The van der Waals surface area contributed by atoms with E-state index in [1.807, 2.05) is 18.2 Å². The number of aryl methyl sites for hydroxylation is 1. The van der Waals surface area contributed by atoms with Gasteiger partial charge in [0.15, 0.2) is 0 Å². The number of hydrogen-bond acceptors (Lipinski definition) is 7. The van der Waals surface area contributed by atoms with Crippen LogP contribution in [0.2, 0.25) is 0 Å². The lowest BCUT2D eigenvalue weighted by atomic mass is 9.86. The third-order valence-electron chi connectivity index (χ3n) is 7.17. The molecule has 1 saturated heterocycles. The highest BCUT2D eigenvalue weighted by Crippen LogP contribution is 2.33. The van der Waals surface area contributed by atoms with E-state index in [1.54, 1.807) is 32.8 Å². The van der Waals surface area contributed by atoms with E-state index in [2.05, 4.69) is 45.3 Å². The number of hydrogen-bond donors (Lipinski definition) is 2. The maximum absolute atomic E-state index is 12.8. The molecule has 0 spiro atoms. The van der Waals surface area contributed by atoms with Gasteiger partial charge in [-0.2, -0.15) is 0 Å². The number of pyridine rings is 3. The molecule has 0 saturated carbocycles. The monoisotopic (exact) mass is 499 g/mol. The first-order valence-electron chi connectivity index (χ1n) is 12.7. The lowest BCUT2D eigenvalue weighted by molar-refractivity contribution is 0.130. The molecule has 1 fully saturated rings. The highest BCUT2D eigenvalue weighted by molar-refractivity contribution is 5.95. The molecule has 0 radical (unpaired) electrons. The number of anilines is 2. The average molecular weight is 500 g/mol. The van der Waals surface area contributed by atoms with Crippen molar-refractivity contribution < 1.29 is 9.47 Å². The van der Waals surface area contributed by atoms with Crippen molar-refractivity contribution >= 4 is 22.3 Å². The summed E-state index contributed by atoms with van der Waals surface area (Å²) in [5.74, 6) is 1.71. The normalized spacial score (nSPS) is 14.7. The van der Waals surface area contributed by atoms with Gasteiger partial charge in [0.1, 0.15) is 11.6 Å². The lowest BCUT2D eigenvalue weighted by Crippen LogP contribution is -2.35. The summed E-state index contributed by atoms with van der Waals surface area (Å²) in [5.41, 5.74) is 4.87. The number of nitrogens with zero attached hydrogens (tertiary/aromatic N) is 3. The van der Waals surface area contributed by atoms with E-state index in [4.69, 9.17) is 14.5 Å². The second-order valence-electron chi connectivity index (χ2n) is 9.55. The Balaban J connectivity index is 1.43. The number of benzene rings is 1. The Labute approximate surface area is 216 Å². The summed E-state index contributed by atoms with van der Waals surface area (Å²) >= 11 is 0. The van der Waals surface area contributed by atoms with Gasteiger partial charge < -0.3 is 24.7 Å². The van der Waals surface area contributed by atoms with Crippen LogP contribution in [0, 0.1) is 6.92 Å². The third kappa shape index (κ3) is 5.50. The van der Waals surface area contributed by atoms with Crippen molar-refractivity contribution in [3.63, 3.8) is 0 Å². The molecule has 37 heavy (non-hydrogen) atoms. The number of aromatic amines is 1. The molecule has 1 aliphatic heterocycles. The van der Waals surface area contributed by atoms with Crippen LogP contribution in [0.25, 0.3) is 22.0 Å². The number of nitrogens with one attached hydrogen (secondary N) is 2. The smallest absolute Gasteiger partial charge is 0.259 e. The van der Waals surface area contributed by atoms with E-state index in [0.717, 1.165) is 55.7 Å². The molecule has 8 heteroatoms. The van der Waals surface area contributed by atoms with Crippen molar-refractivity contribution in [3.05, 3.63) is 76.5 Å². The molecule has 0 bridgehead atoms. The predicted molar refractivity (Wildman–Crippen MR) is 147 cm³/mol. The molecule has 0 aliphatic carbocycles. The second kappa shape index (κ2) is 11.1. The van der Waals surface area contributed by atoms with Crippen molar-refractivity contribution in [2.24, 2.45) is 0 Å². The number of rotatable bonds is 8. The molecular weight excluding hydrogens is 466 g/mol. The molecule has 8 nitrogen and oxygen atoms in total. The molecule has 1 aliphatic rings. The van der Waals surface area contributed by atoms with Crippen LogP contribution < -0.4 is 15.6 Å². The van der Waals surface area contributed by atoms with Gasteiger partial charge in [0.25, 0.3) is 5.56 Å². The van der Waals surface area contributed by atoms with Gasteiger partial charge in [-0.15, -0.1) is 0 Å². The third-order valence-corrected chi connectivity index (χ3v) is 7.17. The minimum atomic E-state index is -0.184. The van der Waals surface area contributed by atoms with Crippen molar-refractivity contribution in [2.75, 3.05) is 45.8 Å². The molecule has 1 aromatic carbocycles. The molecule has 0 amide bonds.